The summed E-state index contributed by atoms with van der Waals surface area (Å²) in [6.07, 6.45) is 2.41. The molecular weight excluding hydrogens is 466 g/mol. The zero-order valence-electron chi connectivity index (χ0n) is 17.6. The molecule has 0 unspecified atom stereocenters. The summed E-state index contributed by atoms with van der Waals surface area (Å²) in [6, 6.07) is 6.68. The van der Waals surface area contributed by atoms with Crippen LogP contribution in [-0.2, 0) is 10.5 Å². The molecule has 11 heteroatoms. The first kappa shape index (κ1) is 21.1. The third kappa shape index (κ3) is 2.96. The monoisotopic (exact) mass is 484 g/mol. The van der Waals surface area contributed by atoms with E-state index in [-0.39, 0.29) is 30.2 Å². The van der Waals surface area contributed by atoms with E-state index < -0.39 is 40.9 Å². The van der Waals surface area contributed by atoms with Crippen molar-refractivity contribution in [1.29, 1.82) is 0 Å². The third-order valence-electron chi connectivity index (χ3n) is 6.41. The molecule has 0 bridgehead atoms. The van der Waals surface area contributed by atoms with Gasteiger partial charge in [0.05, 0.1) is 13.2 Å². The second-order valence-electron chi connectivity index (χ2n) is 8.17. The molecule has 1 aromatic carbocycles. The number of halogens is 2. The number of rotatable bonds is 1. The molecule has 1 N–H and O–H groups in total. The minimum Gasteiger partial charge on any atom is -0.502 e. The molecule has 3 aliphatic rings. The number of ether oxygens (including phenoxy) is 1. The van der Waals surface area contributed by atoms with E-state index in [9.17, 15) is 19.1 Å². The molecule has 3 aliphatic heterocycles. The van der Waals surface area contributed by atoms with Crippen molar-refractivity contribution in [2.45, 2.75) is 23.0 Å². The average Bonchev–Trinajstić information content (AvgIpc) is 3.01. The Morgan fingerprint density at radius 1 is 1.15 bits per heavy atom. The van der Waals surface area contributed by atoms with Gasteiger partial charge in [-0.15, -0.1) is 11.8 Å². The minimum atomic E-state index is -0.949. The zero-order valence-corrected chi connectivity index (χ0v) is 18.5. The smallest absolute Gasteiger partial charge is 0.278 e. The van der Waals surface area contributed by atoms with Crippen LogP contribution in [0.1, 0.15) is 33.2 Å². The van der Waals surface area contributed by atoms with Crippen molar-refractivity contribution < 1.29 is 23.4 Å². The van der Waals surface area contributed by atoms with Gasteiger partial charge in [-0.1, -0.05) is 12.1 Å². The highest BCUT2D eigenvalue weighted by molar-refractivity contribution is 7.98. The molecule has 8 nitrogen and oxygen atoms in total. The highest BCUT2D eigenvalue weighted by atomic mass is 32.2. The van der Waals surface area contributed by atoms with Crippen LogP contribution in [-0.4, -0.2) is 51.5 Å². The number of aromatic nitrogens is 2. The van der Waals surface area contributed by atoms with Crippen molar-refractivity contribution in [3.05, 3.63) is 87.0 Å². The standard InChI is InChI=1S/C23H18F2N4O4S/c24-15-4-3-12-14(18(15)25)11-34-22-13(2-1-6-26-22)19(12)29-17-10-33-9-8-27(17)23(32)20-21(31)16(30)5-7-28(20)29/h1-7,17,19,31H,8-11H2/t17-,19+/m1/s1. The Morgan fingerprint density at radius 3 is 2.85 bits per heavy atom. The van der Waals surface area contributed by atoms with Crippen molar-refractivity contribution in [2.75, 3.05) is 24.8 Å². The summed E-state index contributed by atoms with van der Waals surface area (Å²) in [5.74, 6) is -2.88. The van der Waals surface area contributed by atoms with Crippen molar-refractivity contribution in [3.8, 4) is 5.75 Å². The summed E-state index contributed by atoms with van der Waals surface area (Å²) in [6.45, 7) is 0.688. The minimum absolute atomic E-state index is 0.149. The normalized spacial score (nSPS) is 21.3. The molecule has 0 saturated carbocycles. The Hall–Kier alpha value is -3.44. The predicted molar refractivity (Wildman–Crippen MR) is 118 cm³/mol. The van der Waals surface area contributed by atoms with Crippen LogP contribution < -0.4 is 10.4 Å². The van der Waals surface area contributed by atoms with Gasteiger partial charge in [-0.05, 0) is 17.7 Å². The number of hydrogen-bond acceptors (Lipinski definition) is 7. The number of nitrogens with zero attached hydrogens (tertiary/aromatic N) is 4. The number of aromatic hydroxyl groups is 1. The summed E-state index contributed by atoms with van der Waals surface area (Å²) >= 11 is 1.29. The predicted octanol–water partition coefficient (Wildman–Crippen LogP) is 2.37. The highest BCUT2D eigenvalue weighted by Crippen LogP contribution is 2.44. The Balaban J connectivity index is 1.67. The van der Waals surface area contributed by atoms with Crippen molar-refractivity contribution >= 4 is 17.7 Å². The fourth-order valence-electron chi connectivity index (χ4n) is 4.87. The van der Waals surface area contributed by atoms with Gasteiger partial charge in [0.1, 0.15) is 17.2 Å². The molecule has 0 aliphatic carbocycles. The van der Waals surface area contributed by atoms with E-state index in [1.807, 2.05) is 6.07 Å². The van der Waals surface area contributed by atoms with Crippen molar-refractivity contribution in [3.63, 3.8) is 0 Å². The lowest BCUT2D eigenvalue weighted by Crippen LogP contribution is -2.66. The molecule has 0 spiro atoms. The van der Waals surface area contributed by atoms with Crippen LogP contribution in [0.25, 0.3) is 0 Å². The number of pyridine rings is 2. The maximum absolute atomic E-state index is 15.0. The molecule has 174 valence electrons. The van der Waals surface area contributed by atoms with Gasteiger partial charge in [0.2, 0.25) is 5.43 Å². The Bertz CT molecular complexity index is 1400. The second kappa shape index (κ2) is 7.81. The van der Waals surface area contributed by atoms with Crippen LogP contribution in [0.5, 0.6) is 5.75 Å². The summed E-state index contributed by atoms with van der Waals surface area (Å²) < 4.78 is 36.4. The van der Waals surface area contributed by atoms with E-state index in [2.05, 4.69) is 4.98 Å². The highest BCUT2D eigenvalue weighted by Gasteiger charge is 2.46. The molecule has 3 aromatic rings. The maximum Gasteiger partial charge on any atom is 0.278 e. The van der Waals surface area contributed by atoms with E-state index in [0.29, 0.717) is 17.2 Å². The Labute approximate surface area is 196 Å². The molecule has 6 rings (SSSR count). The summed E-state index contributed by atoms with van der Waals surface area (Å²) in [5, 5.41) is 13.0. The molecule has 34 heavy (non-hydrogen) atoms. The first-order chi connectivity index (χ1) is 16.5. The van der Waals surface area contributed by atoms with Crippen LogP contribution in [0.2, 0.25) is 0 Å². The number of carbonyl (C=O) groups is 1. The fourth-order valence-corrected chi connectivity index (χ4v) is 5.92. The van der Waals surface area contributed by atoms with E-state index in [1.165, 1.54) is 39.7 Å². The number of thioether (sulfide) groups is 1. The quantitative estimate of drug-likeness (QED) is 0.568. The van der Waals surface area contributed by atoms with Gasteiger partial charge in [0.15, 0.2) is 23.1 Å². The van der Waals surface area contributed by atoms with Crippen LogP contribution in [0.3, 0.4) is 0 Å². The van der Waals surface area contributed by atoms with E-state index in [4.69, 9.17) is 4.74 Å². The topological polar surface area (TPSA) is 87.9 Å². The van der Waals surface area contributed by atoms with Gasteiger partial charge in [-0.2, -0.15) is 0 Å². The number of morpholine rings is 1. The van der Waals surface area contributed by atoms with Gasteiger partial charge >= 0.3 is 0 Å². The number of amides is 1. The number of hydrogen-bond donors (Lipinski definition) is 1. The van der Waals surface area contributed by atoms with E-state index in [1.54, 1.807) is 17.3 Å². The van der Waals surface area contributed by atoms with Crippen LogP contribution in [0, 0.1) is 11.6 Å². The van der Waals surface area contributed by atoms with Gasteiger partial charge in [0, 0.05) is 41.9 Å². The molecule has 2 atom stereocenters. The summed E-state index contributed by atoms with van der Waals surface area (Å²) in [5.41, 5.74) is 0.554. The van der Waals surface area contributed by atoms with Gasteiger partial charge in [-0.25, -0.2) is 13.8 Å². The van der Waals surface area contributed by atoms with Gasteiger partial charge < -0.3 is 14.7 Å². The fraction of sp³-hybridized carbons (Fsp3) is 0.261. The van der Waals surface area contributed by atoms with Crippen molar-refractivity contribution in [1.82, 2.24) is 14.6 Å². The number of benzene rings is 1. The first-order valence-corrected chi connectivity index (χ1v) is 11.6. The molecule has 5 heterocycles. The Kier molecular flexibility index (Phi) is 4.85. The summed E-state index contributed by atoms with van der Waals surface area (Å²) in [7, 11) is 0. The summed E-state index contributed by atoms with van der Waals surface area (Å²) in [4.78, 5) is 31.5. The lowest BCUT2D eigenvalue weighted by atomic mass is 9.94. The molecule has 0 radical (unpaired) electrons. The van der Waals surface area contributed by atoms with E-state index in [0.717, 1.165) is 11.6 Å². The molecule has 2 aromatic heterocycles. The van der Waals surface area contributed by atoms with Crippen molar-refractivity contribution in [2.24, 2.45) is 0 Å². The lowest BCUT2D eigenvalue weighted by Gasteiger charge is -2.51. The Morgan fingerprint density at radius 2 is 2.00 bits per heavy atom. The van der Waals surface area contributed by atoms with E-state index >= 15 is 4.39 Å². The lowest BCUT2D eigenvalue weighted by molar-refractivity contribution is -0.0198. The molecule has 1 fully saturated rings. The number of fused-ring (bicyclic) bond motifs is 4. The third-order valence-corrected chi connectivity index (χ3v) is 7.46. The largest absolute Gasteiger partial charge is 0.502 e. The zero-order chi connectivity index (χ0) is 23.6. The van der Waals surface area contributed by atoms with Crippen LogP contribution >= 0.6 is 11.8 Å². The van der Waals surface area contributed by atoms with Crippen LogP contribution in [0.4, 0.5) is 8.78 Å². The molecular formula is C23H18F2N4O4S. The van der Waals surface area contributed by atoms with Gasteiger partial charge in [-0.3, -0.25) is 19.3 Å². The first-order valence-electron chi connectivity index (χ1n) is 10.6. The maximum atomic E-state index is 15.0. The van der Waals surface area contributed by atoms with Crippen LogP contribution in [0.15, 0.2) is 52.5 Å². The second-order valence-corrected chi connectivity index (χ2v) is 9.14. The van der Waals surface area contributed by atoms with Gasteiger partial charge in [0.25, 0.3) is 5.91 Å². The average molecular weight is 484 g/mol. The molecule has 1 amide bonds. The molecule has 1 saturated heterocycles. The SMILES string of the molecule is O=C1c2c(O)c(=O)ccn2N([C@@H]2c3cccnc3SCc3c2ccc(F)c3F)[C@@H]2COCCN12. The number of carbonyl (C=O) groups excluding carboxylic acids is 1.